The zero-order valence-electron chi connectivity index (χ0n) is 8.68. The number of carboxylic acid groups (broad SMARTS) is 1. The van der Waals surface area contributed by atoms with Gasteiger partial charge in [0.05, 0.1) is 6.10 Å². The lowest BCUT2D eigenvalue weighted by Gasteiger charge is -2.11. The normalized spacial score (nSPS) is 14.6. The number of carbonyl (C=O) groups is 1. The smallest absolute Gasteiger partial charge is 0.337 e. The Labute approximate surface area is 88.1 Å². The van der Waals surface area contributed by atoms with E-state index in [4.69, 9.17) is 9.84 Å². The fourth-order valence-electron chi connectivity index (χ4n) is 1.23. The molecule has 0 aliphatic rings. The number of benzene rings is 1. The van der Waals surface area contributed by atoms with Crippen molar-refractivity contribution in [2.45, 2.75) is 19.1 Å². The van der Waals surface area contributed by atoms with Crippen LogP contribution in [0, 0.1) is 0 Å². The van der Waals surface area contributed by atoms with Crippen LogP contribution in [0.1, 0.15) is 30.3 Å². The molecule has 0 amide bonds. The number of carboxylic acids is 1. The Morgan fingerprint density at radius 3 is 2.13 bits per heavy atom. The second-order valence-electron chi connectivity index (χ2n) is 3.29. The molecule has 0 aromatic heterocycles. The predicted molar refractivity (Wildman–Crippen MR) is 54.5 cm³/mol. The first-order chi connectivity index (χ1) is 7.06. The number of rotatable bonds is 4. The van der Waals surface area contributed by atoms with E-state index in [1.54, 1.807) is 31.4 Å². The zero-order valence-corrected chi connectivity index (χ0v) is 8.68. The average Bonchev–Trinajstić information content (AvgIpc) is 2.27. The van der Waals surface area contributed by atoms with Crippen molar-refractivity contribution in [2.24, 2.45) is 0 Å². The largest absolute Gasteiger partial charge is 0.479 e. The minimum absolute atomic E-state index is 0.0407. The highest BCUT2D eigenvalue weighted by atomic mass is 16.5. The number of methoxy groups -OCH3 is 1. The van der Waals surface area contributed by atoms with Crippen LogP contribution in [-0.2, 0) is 9.53 Å². The summed E-state index contributed by atoms with van der Waals surface area (Å²) in [7, 11) is 1.60. The van der Waals surface area contributed by atoms with Crippen LogP contribution < -0.4 is 0 Å². The van der Waals surface area contributed by atoms with Crippen LogP contribution in [-0.4, -0.2) is 23.3 Å². The Bertz CT molecular complexity index is 331. The van der Waals surface area contributed by atoms with E-state index in [1.165, 1.54) is 0 Å². The van der Waals surface area contributed by atoms with Crippen molar-refractivity contribution < 1.29 is 19.7 Å². The molecule has 0 radical (unpaired) electrons. The molecular weight excluding hydrogens is 196 g/mol. The van der Waals surface area contributed by atoms with Crippen molar-refractivity contribution in [2.75, 3.05) is 7.11 Å². The molecule has 4 heteroatoms. The summed E-state index contributed by atoms with van der Waals surface area (Å²) >= 11 is 0. The number of aliphatic carboxylic acids is 1. The first-order valence-corrected chi connectivity index (χ1v) is 4.59. The van der Waals surface area contributed by atoms with Gasteiger partial charge in [-0.05, 0) is 18.1 Å². The second-order valence-corrected chi connectivity index (χ2v) is 3.29. The summed E-state index contributed by atoms with van der Waals surface area (Å²) in [4.78, 5) is 10.5. The molecule has 1 rings (SSSR count). The van der Waals surface area contributed by atoms with Crippen molar-refractivity contribution in [3.63, 3.8) is 0 Å². The van der Waals surface area contributed by atoms with E-state index in [0.717, 1.165) is 5.56 Å². The Morgan fingerprint density at radius 1 is 1.27 bits per heavy atom. The molecule has 0 saturated heterocycles. The Hall–Kier alpha value is -1.39. The van der Waals surface area contributed by atoms with Gasteiger partial charge < -0.3 is 14.9 Å². The molecule has 0 aliphatic heterocycles. The van der Waals surface area contributed by atoms with Gasteiger partial charge in [0.2, 0.25) is 0 Å². The van der Waals surface area contributed by atoms with Crippen LogP contribution in [0.15, 0.2) is 24.3 Å². The first kappa shape index (κ1) is 11.7. The molecule has 0 heterocycles. The topological polar surface area (TPSA) is 66.8 Å². The molecule has 2 N–H and O–H groups in total. The van der Waals surface area contributed by atoms with Crippen molar-refractivity contribution >= 4 is 5.97 Å². The molecule has 15 heavy (non-hydrogen) atoms. The first-order valence-electron chi connectivity index (χ1n) is 4.59. The lowest BCUT2D eigenvalue weighted by atomic mass is 10.0. The molecule has 2 atom stereocenters. The van der Waals surface area contributed by atoms with E-state index in [0.29, 0.717) is 5.56 Å². The fraction of sp³-hybridized carbons (Fsp3) is 0.364. The van der Waals surface area contributed by atoms with E-state index < -0.39 is 12.1 Å². The summed E-state index contributed by atoms with van der Waals surface area (Å²) in [6.07, 6.45) is -1.50. The van der Waals surface area contributed by atoms with E-state index >= 15 is 0 Å². The third-order valence-electron chi connectivity index (χ3n) is 2.31. The third-order valence-corrected chi connectivity index (χ3v) is 2.31. The maximum absolute atomic E-state index is 10.5. The highest BCUT2D eigenvalue weighted by Gasteiger charge is 2.15. The molecule has 4 nitrogen and oxygen atoms in total. The zero-order chi connectivity index (χ0) is 11.4. The van der Waals surface area contributed by atoms with Crippen molar-refractivity contribution in [1.82, 2.24) is 0 Å². The van der Waals surface area contributed by atoms with E-state index in [2.05, 4.69) is 0 Å². The molecule has 0 aliphatic carbocycles. The molecular formula is C11H14O4. The summed E-state index contributed by atoms with van der Waals surface area (Å²) in [6, 6.07) is 6.67. The average molecular weight is 210 g/mol. The van der Waals surface area contributed by atoms with Gasteiger partial charge in [0.25, 0.3) is 0 Å². The number of hydrogen-bond acceptors (Lipinski definition) is 3. The molecule has 0 fully saturated rings. The summed E-state index contributed by atoms with van der Waals surface area (Å²) in [5.41, 5.74) is 1.31. The van der Waals surface area contributed by atoms with Gasteiger partial charge in [0.1, 0.15) is 0 Å². The van der Waals surface area contributed by atoms with Crippen molar-refractivity contribution in [3.05, 3.63) is 35.4 Å². The van der Waals surface area contributed by atoms with Gasteiger partial charge in [0.15, 0.2) is 6.10 Å². The summed E-state index contributed by atoms with van der Waals surface area (Å²) < 4.78 is 5.11. The minimum Gasteiger partial charge on any atom is -0.479 e. The van der Waals surface area contributed by atoms with Crippen LogP contribution in [0.4, 0.5) is 0 Å². The van der Waals surface area contributed by atoms with Gasteiger partial charge >= 0.3 is 5.97 Å². The molecule has 1 aromatic carbocycles. The van der Waals surface area contributed by atoms with E-state index in [1.807, 2.05) is 6.92 Å². The number of hydrogen-bond donors (Lipinski definition) is 2. The van der Waals surface area contributed by atoms with Gasteiger partial charge in [-0.25, -0.2) is 4.79 Å². The quantitative estimate of drug-likeness (QED) is 0.790. The number of aliphatic hydroxyl groups excluding tert-OH is 1. The lowest BCUT2D eigenvalue weighted by Crippen LogP contribution is -2.10. The van der Waals surface area contributed by atoms with E-state index in [9.17, 15) is 9.90 Å². The van der Waals surface area contributed by atoms with Crippen LogP contribution in [0.2, 0.25) is 0 Å². The van der Waals surface area contributed by atoms with Gasteiger partial charge in [-0.3, -0.25) is 0 Å². The highest BCUT2D eigenvalue weighted by Crippen LogP contribution is 2.19. The van der Waals surface area contributed by atoms with Crippen molar-refractivity contribution in [1.29, 1.82) is 0 Å². The lowest BCUT2D eigenvalue weighted by molar-refractivity contribution is -0.146. The Balaban J connectivity index is 2.85. The summed E-state index contributed by atoms with van der Waals surface area (Å²) in [5.74, 6) is -1.25. The van der Waals surface area contributed by atoms with Crippen molar-refractivity contribution in [3.8, 4) is 0 Å². The molecule has 0 saturated carbocycles. The van der Waals surface area contributed by atoms with Gasteiger partial charge in [-0.15, -0.1) is 0 Å². The maximum Gasteiger partial charge on any atom is 0.337 e. The standard InChI is InChI=1S/C11H14O4/c1-7(15-2)8-3-5-9(6-4-8)10(12)11(13)14/h3-7,10,12H,1-2H3,(H,13,14). The second kappa shape index (κ2) is 4.91. The molecule has 1 aromatic rings. The predicted octanol–water partition coefficient (Wildman–Crippen LogP) is 1.51. The van der Waals surface area contributed by atoms with Gasteiger partial charge in [-0.2, -0.15) is 0 Å². The van der Waals surface area contributed by atoms with E-state index in [-0.39, 0.29) is 6.10 Å². The van der Waals surface area contributed by atoms with Gasteiger partial charge in [0, 0.05) is 7.11 Å². The van der Waals surface area contributed by atoms with Crippen LogP contribution in [0.3, 0.4) is 0 Å². The van der Waals surface area contributed by atoms with Gasteiger partial charge in [-0.1, -0.05) is 24.3 Å². The molecule has 82 valence electrons. The number of ether oxygens (including phenoxy) is 1. The number of aliphatic hydroxyl groups is 1. The molecule has 0 spiro atoms. The van der Waals surface area contributed by atoms with Crippen LogP contribution >= 0.6 is 0 Å². The Morgan fingerprint density at radius 2 is 1.73 bits per heavy atom. The fourth-order valence-corrected chi connectivity index (χ4v) is 1.23. The van der Waals surface area contributed by atoms with Crippen LogP contribution in [0.5, 0.6) is 0 Å². The third kappa shape index (κ3) is 2.78. The minimum atomic E-state index is -1.46. The van der Waals surface area contributed by atoms with Crippen LogP contribution in [0.25, 0.3) is 0 Å². The molecule has 2 unspecified atom stereocenters. The summed E-state index contributed by atoms with van der Waals surface area (Å²) in [5, 5.41) is 17.8. The summed E-state index contributed by atoms with van der Waals surface area (Å²) in [6.45, 7) is 1.89. The highest BCUT2D eigenvalue weighted by molar-refractivity contribution is 5.73. The maximum atomic E-state index is 10.5. The molecule has 0 bridgehead atoms. The Kier molecular flexibility index (Phi) is 3.82. The monoisotopic (exact) mass is 210 g/mol. The SMILES string of the molecule is COC(C)c1ccc(C(O)C(=O)O)cc1.